The Morgan fingerprint density at radius 3 is 2.81 bits per heavy atom. The van der Waals surface area contributed by atoms with Crippen LogP contribution in [0.25, 0.3) is 0 Å². The number of nitrogens with zero attached hydrogens (tertiary/aromatic N) is 3. The maximum atomic E-state index is 10.9. The van der Waals surface area contributed by atoms with E-state index < -0.39 is 4.92 Å². The van der Waals surface area contributed by atoms with Gasteiger partial charge in [0.2, 0.25) is 5.82 Å². The van der Waals surface area contributed by atoms with E-state index in [1.165, 1.54) is 0 Å². The molecule has 1 aromatic rings. The minimum Gasteiger partial charge on any atom is -0.351 e. The molecule has 0 aliphatic carbocycles. The van der Waals surface area contributed by atoms with Gasteiger partial charge < -0.3 is 5.32 Å². The Balaban J connectivity index is 3.22. The molecule has 0 saturated carbocycles. The highest BCUT2D eigenvalue weighted by Gasteiger charge is 2.25. The molecule has 1 unspecified atom stereocenters. The molecule has 1 atom stereocenters. The molecule has 0 aliphatic rings. The summed E-state index contributed by atoms with van der Waals surface area (Å²) in [5.41, 5.74) is 0.377. The minimum absolute atomic E-state index is 0.0102. The van der Waals surface area contributed by atoms with Gasteiger partial charge in [-0.15, -0.1) is 6.42 Å². The van der Waals surface area contributed by atoms with E-state index in [1.807, 2.05) is 6.92 Å². The van der Waals surface area contributed by atoms with Crippen molar-refractivity contribution in [2.45, 2.75) is 33.4 Å². The van der Waals surface area contributed by atoms with Crippen LogP contribution in [0, 0.1) is 29.4 Å². The first-order valence-electron chi connectivity index (χ1n) is 4.95. The predicted octanol–water partition coefficient (Wildman–Crippen LogP) is 1.55. The molecule has 0 amide bonds. The third-order valence-corrected chi connectivity index (χ3v) is 2.18. The van der Waals surface area contributed by atoms with Crippen LogP contribution in [0.5, 0.6) is 0 Å². The number of nitro groups is 1. The molecule has 0 spiro atoms. The fourth-order valence-corrected chi connectivity index (χ4v) is 1.41. The van der Waals surface area contributed by atoms with Gasteiger partial charge in [0, 0.05) is 6.54 Å². The van der Waals surface area contributed by atoms with Crippen molar-refractivity contribution in [3.05, 3.63) is 15.8 Å². The molecule has 1 rings (SSSR count). The first kappa shape index (κ1) is 12.0. The average Bonchev–Trinajstić information content (AvgIpc) is 2.54. The largest absolute Gasteiger partial charge is 0.351 e. The third kappa shape index (κ3) is 2.14. The molecule has 86 valence electrons. The van der Waals surface area contributed by atoms with Crippen molar-refractivity contribution < 1.29 is 4.92 Å². The molecule has 0 aliphatic heterocycles. The van der Waals surface area contributed by atoms with Gasteiger partial charge in [-0.05, 0) is 20.8 Å². The number of nitrogens with one attached hydrogen (secondary N) is 1. The van der Waals surface area contributed by atoms with Gasteiger partial charge in [-0.1, -0.05) is 5.92 Å². The smallest absolute Gasteiger partial charge is 0.333 e. The summed E-state index contributed by atoms with van der Waals surface area (Å²) in [5, 5.41) is 17.9. The lowest BCUT2D eigenvalue weighted by molar-refractivity contribution is -0.384. The second-order valence-electron chi connectivity index (χ2n) is 3.39. The van der Waals surface area contributed by atoms with Crippen molar-refractivity contribution >= 4 is 11.5 Å². The van der Waals surface area contributed by atoms with Crippen molar-refractivity contribution in [3.8, 4) is 12.3 Å². The van der Waals surface area contributed by atoms with E-state index in [0.717, 1.165) is 0 Å². The Hall–Kier alpha value is -2.03. The van der Waals surface area contributed by atoms with Crippen molar-refractivity contribution in [2.24, 2.45) is 0 Å². The lowest BCUT2D eigenvalue weighted by Gasteiger charge is -2.09. The van der Waals surface area contributed by atoms with Crippen LogP contribution in [0.1, 0.15) is 19.5 Å². The molecular weight excluding hydrogens is 208 g/mol. The van der Waals surface area contributed by atoms with Gasteiger partial charge in [0.1, 0.15) is 5.69 Å². The molecule has 0 aromatic carbocycles. The predicted molar refractivity (Wildman–Crippen MR) is 61.2 cm³/mol. The van der Waals surface area contributed by atoms with E-state index in [1.54, 1.807) is 18.5 Å². The zero-order chi connectivity index (χ0) is 12.3. The number of hydrogen-bond acceptors (Lipinski definition) is 4. The van der Waals surface area contributed by atoms with Crippen molar-refractivity contribution in [2.75, 3.05) is 5.32 Å². The molecule has 16 heavy (non-hydrogen) atoms. The summed E-state index contributed by atoms with van der Waals surface area (Å²) in [6, 6.07) is -0.278. The summed E-state index contributed by atoms with van der Waals surface area (Å²) in [5.74, 6) is 2.84. The van der Waals surface area contributed by atoms with Crippen LogP contribution in [0.2, 0.25) is 0 Å². The summed E-state index contributed by atoms with van der Waals surface area (Å²) in [7, 11) is 0. The van der Waals surface area contributed by atoms with Gasteiger partial charge in [-0.3, -0.25) is 10.1 Å². The van der Waals surface area contributed by atoms with Crippen LogP contribution in [0.15, 0.2) is 0 Å². The first-order chi connectivity index (χ1) is 7.51. The summed E-state index contributed by atoms with van der Waals surface area (Å²) in [4.78, 5) is 10.5. The normalized spacial score (nSPS) is 11.9. The van der Waals surface area contributed by atoms with E-state index in [0.29, 0.717) is 18.1 Å². The van der Waals surface area contributed by atoms with Crippen LogP contribution in [-0.2, 0) is 6.54 Å². The van der Waals surface area contributed by atoms with Gasteiger partial charge in [0.05, 0.1) is 11.0 Å². The van der Waals surface area contributed by atoms with E-state index in [4.69, 9.17) is 6.42 Å². The molecule has 6 heteroatoms. The van der Waals surface area contributed by atoms with Crippen molar-refractivity contribution in [1.29, 1.82) is 0 Å². The summed E-state index contributed by atoms with van der Waals surface area (Å²) >= 11 is 0. The van der Waals surface area contributed by atoms with Crippen LogP contribution >= 0.6 is 0 Å². The van der Waals surface area contributed by atoms with Crippen LogP contribution in [0.3, 0.4) is 0 Å². The first-order valence-corrected chi connectivity index (χ1v) is 4.95. The molecule has 1 aromatic heterocycles. The maximum Gasteiger partial charge on any atom is 0.333 e. The zero-order valence-electron chi connectivity index (χ0n) is 9.52. The number of rotatable bonds is 4. The Kier molecular flexibility index (Phi) is 3.51. The highest BCUT2D eigenvalue weighted by Crippen LogP contribution is 2.28. The molecular formula is C10H14N4O2. The molecule has 0 radical (unpaired) electrons. The molecule has 0 saturated heterocycles. The SMILES string of the molecule is C#CC(C)Nc1c([N+](=O)[O-])c(C)nn1CC. The summed E-state index contributed by atoms with van der Waals surface area (Å²) < 4.78 is 1.54. The maximum absolute atomic E-state index is 10.9. The number of terminal acetylenes is 1. The second-order valence-corrected chi connectivity index (χ2v) is 3.39. The lowest BCUT2D eigenvalue weighted by atomic mass is 10.3. The minimum atomic E-state index is -0.444. The fraction of sp³-hybridized carbons (Fsp3) is 0.500. The quantitative estimate of drug-likeness (QED) is 0.476. The number of aromatic nitrogens is 2. The summed E-state index contributed by atoms with van der Waals surface area (Å²) in [6.07, 6.45) is 5.23. The van der Waals surface area contributed by atoms with Gasteiger partial charge in [0.15, 0.2) is 0 Å². The number of aryl methyl sites for hydroxylation is 2. The van der Waals surface area contributed by atoms with E-state index in [9.17, 15) is 10.1 Å². The van der Waals surface area contributed by atoms with Crippen molar-refractivity contribution in [3.63, 3.8) is 0 Å². The Morgan fingerprint density at radius 2 is 2.38 bits per heavy atom. The Labute approximate surface area is 93.8 Å². The molecule has 1 N–H and O–H groups in total. The highest BCUT2D eigenvalue weighted by molar-refractivity contribution is 5.60. The lowest BCUT2D eigenvalue weighted by Crippen LogP contribution is -2.16. The number of anilines is 1. The van der Waals surface area contributed by atoms with Crippen LogP contribution in [0.4, 0.5) is 11.5 Å². The Morgan fingerprint density at radius 1 is 1.75 bits per heavy atom. The molecule has 1 heterocycles. The second kappa shape index (κ2) is 4.66. The van der Waals surface area contributed by atoms with Gasteiger partial charge in [-0.25, -0.2) is 4.68 Å². The van der Waals surface area contributed by atoms with E-state index in [-0.39, 0.29) is 11.7 Å². The monoisotopic (exact) mass is 222 g/mol. The van der Waals surface area contributed by atoms with Gasteiger partial charge in [-0.2, -0.15) is 5.10 Å². The third-order valence-electron chi connectivity index (χ3n) is 2.18. The van der Waals surface area contributed by atoms with Crippen molar-refractivity contribution in [1.82, 2.24) is 9.78 Å². The standard InChI is InChI=1S/C10H14N4O2/c1-5-7(3)11-10-9(14(15)16)8(4)12-13(10)6-2/h1,7,11H,6H2,2-4H3. The number of hydrogen-bond donors (Lipinski definition) is 1. The fourth-order valence-electron chi connectivity index (χ4n) is 1.41. The zero-order valence-corrected chi connectivity index (χ0v) is 9.52. The van der Waals surface area contributed by atoms with Gasteiger partial charge >= 0.3 is 5.69 Å². The van der Waals surface area contributed by atoms with E-state index >= 15 is 0 Å². The molecule has 0 fully saturated rings. The topological polar surface area (TPSA) is 73.0 Å². The van der Waals surface area contributed by atoms with Crippen LogP contribution < -0.4 is 5.32 Å². The molecule has 0 bridgehead atoms. The Bertz CT molecular complexity index is 444. The average molecular weight is 222 g/mol. The van der Waals surface area contributed by atoms with Gasteiger partial charge in [0.25, 0.3) is 0 Å². The van der Waals surface area contributed by atoms with Crippen LogP contribution in [-0.4, -0.2) is 20.7 Å². The molecule has 6 nitrogen and oxygen atoms in total. The van der Waals surface area contributed by atoms with E-state index in [2.05, 4.69) is 16.3 Å². The highest BCUT2D eigenvalue weighted by atomic mass is 16.6. The summed E-state index contributed by atoms with van der Waals surface area (Å²) in [6.45, 7) is 5.78.